The van der Waals surface area contributed by atoms with Gasteiger partial charge in [0.15, 0.2) is 5.13 Å². The largest absolute Gasteiger partial charge is 0.494 e. The molecule has 0 bridgehead atoms. The molecule has 4 rings (SSSR count). The maximum Gasteiger partial charge on any atom is 0.246 e. The van der Waals surface area contributed by atoms with Crippen molar-refractivity contribution in [1.29, 1.82) is 0 Å². The number of carbonyl (C=O) groups excluding carboxylic acids is 1. The Labute approximate surface area is 168 Å². The van der Waals surface area contributed by atoms with E-state index in [1.54, 1.807) is 24.5 Å². The van der Waals surface area contributed by atoms with Crippen LogP contribution in [-0.4, -0.2) is 49.1 Å². The summed E-state index contributed by atoms with van der Waals surface area (Å²) in [5.74, 6) is 0.869. The third kappa shape index (κ3) is 3.73. The molecule has 0 saturated carbocycles. The molecule has 0 N–H and O–H groups in total. The van der Waals surface area contributed by atoms with Gasteiger partial charge in [0.2, 0.25) is 5.91 Å². The standard InChI is InChI=1S/C22H23N3O2S/c1-16-8-10-18(27-2)20-21(16)28-22(23-20)25-14-12-24(13-15-25)19(26)11-9-17-6-4-3-5-7-17/h3-11H,12-15H2,1-2H3/b11-9+. The number of aryl methyl sites for hydroxylation is 1. The van der Waals surface area contributed by atoms with Gasteiger partial charge in [0, 0.05) is 32.3 Å². The molecule has 1 saturated heterocycles. The zero-order valence-corrected chi connectivity index (χ0v) is 16.9. The third-order valence-corrected chi connectivity index (χ3v) is 6.24. The summed E-state index contributed by atoms with van der Waals surface area (Å²) in [6.45, 7) is 5.06. The summed E-state index contributed by atoms with van der Waals surface area (Å²) in [6.07, 6.45) is 3.54. The Bertz CT molecular complexity index is 1010. The molecule has 0 radical (unpaired) electrons. The number of fused-ring (bicyclic) bond motifs is 1. The van der Waals surface area contributed by atoms with Gasteiger partial charge in [0.25, 0.3) is 0 Å². The van der Waals surface area contributed by atoms with Crippen molar-refractivity contribution in [1.82, 2.24) is 9.88 Å². The van der Waals surface area contributed by atoms with Crippen LogP contribution in [0.25, 0.3) is 16.3 Å². The Morgan fingerprint density at radius 2 is 1.86 bits per heavy atom. The van der Waals surface area contributed by atoms with Gasteiger partial charge in [-0.15, -0.1) is 0 Å². The first-order valence-electron chi connectivity index (χ1n) is 9.37. The van der Waals surface area contributed by atoms with Crippen molar-refractivity contribution in [2.75, 3.05) is 38.2 Å². The van der Waals surface area contributed by atoms with E-state index in [0.29, 0.717) is 13.1 Å². The number of amides is 1. The van der Waals surface area contributed by atoms with Crippen LogP contribution in [0.5, 0.6) is 5.75 Å². The van der Waals surface area contributed by atoms with E-state index in [2.05, 4.69) is 17.9 Å². The number of methoxy groups -OCH3 is 1. The summed E-state index contributed by atoms with van der Waals surface area (Å²) in [5, 5.41) is 0.995. The molecular formula is C22H23N3O2S. The predicted octanol–water partition coefficient (Wildman–Crippen LogP) is 3.98. The molecule has 1 amide bonds. The lowest BCUT2D eigenvalue weighted by atomic mass is 10.2. The second-order valence-corrected chi connectivity index (χ2v) is 7.79. The number of thiazole rings is 1. The lowest BCUT2D eigenvalue weighted by Gasteiger charge is -2.34. The van der Waals surface area contributed by atoms with E-state index in [9.17, 15) is 4.79 Å². The van der Waals surface area contributed by atoms with Crippen LogP contribution in [0.4, 0.5) is 5.13 Å². The van der Waals surface area contributed by atoms with E-state index in [0.717, 1.165) is 35.1 Å². The summed E-state index contributed by atoms with van der Waals surface area (Å²) >= 11 is 1.69. The van der Waals surface area contributed by atoms with Crippen molar-refractivity contribution in [2.24, 2.45) is 0 Å². The molecule has 1 aromatic heterocycles. The van der Waals surface area contributed by atoms with Gasteiger partial charge in [0.1, 0.15) is 11.3 Å². The van der Waals surface area contributed by atoms with Gasteiger partial charge in [-0.3, -0.25) is 4.79 Å². The lowest BCUT2D eigenvalue weighted by Crippen LogP contribution is -2.48. The first-order chi connectivity index (χ1) is 13.7. The van der Waals surface area contributed by atoms with E-state index in [-0.39, 0.29) is 5.91 Å². The highest BCUT2D eigenvalue weighted by Gasteiger charge is 2.23. The molecule has 2 heterocycles. The van der Waals surface area contributed by atoms with Gasteiger partial charge < -0.3 is 14.5 Å². The zero-order valence-electron chi connectivity index (χ0n) is 16.1. The van der Waals surface area contributed by atoms with Crippen LogP contribution in [-0.2, 0) is 4.79 Å². The van der Waals surface area contributed by atoms with Gasteiger partial charge in [-0.2, -0.15) is 0 Å². The summed E-state index contributed by atoms with van der Waals surface area (Å²) < 4.78 is 6.63. The van der Waals surface area contributed by atoms with Crippen molar-refractivity contribution < 1.29 is 9.53 Å². The minimum absolute atomic E-state index is 0.0605. The third-order valence-electron chi connectivity index (χ3n) is 4.99. The number of carbonyl (C=O) groups is 1. The van der Waals surface area contributed by atoms with E-state index >= 15 is 0 Å². The van der Waals surface area contributed by atoms with Crippen molar-refractivity contribution in [3.63, 3.8) is 0 Å². The minimum Gasteiger partial charge on any atom is -0.494 e. The SMILES string of the molecule is COc1ccc(C)c2sc(N3CCN(C(=O)/C=C/c4ccccc4)CC3)nc12. The van der Waals surface area contributed by atoms with Crippen LogP contribution in [0.3, 0.4) is 0 Å². The molecule has 2 aromatic carbocycles. The average Bonchev–Trinajstić information content (AvgIpc) is 3.20. The fourth-order valence-corrected chi connectivity index (χ4v) is 4.46. The highest BCUT2D eigenvalue weighted by molar-refractivity contribution is 7.22. The maximum absolute atomic E-state index is 12.5. The normalized spacial score (nSPS) is 14.8. The van der Waals surface area contributed by atoms with Gasteiger partial charge in [0.05, 0.1) is 11.8 Å². The number of ether oxygens (including phenoxy) is 1. The molecule has 28 heavy (non-hydrogen) atoms. The number of anilines is 1. The van der Waals surface area contributed by atoms with E-state index in [4.69, 9.17) is 9.72 Å². The van der Waals surface area contributed by atoms with Crippen molar-refractivity contribution >= 4 is 38.7 Å². The predicted molar refractivity (Wildman–Crippen MR) is 115 cm³/mol. The molecule has 0 spiro atoms. The van der Waals surface area contributed by atoms with Gasteiger partial charge in [-0.25, -0.2) is 4.98 Å². The highest BCUT2D eigenvalue weighted by atomic mass is 32.1. The maximum atomic E-state index is 12.5. The van der Waals surface area contributed by atoms with Crippen LogP contribution in [0.15, 0.2) is 48.5 Å². The summed E-state index contributed by atoms with van der Waals surface area (Å²) in [5.41, 5.74) is 3.17. The summed E-state index contributed by atoms with van der Waals surface area (Å²) in [6, 6.07) is 13.9. The molecule has 3 aromatic rings. The first kappa shape index (κ1) is 18.5. The number of hydrogen-bond donors (Lipinski definition) is 0. The van der Waals surface area contributed by atoms with Crippen LogP contribution < -0.4 is 9.64 Å². The van der Waals surface area contributed by atoms with Gasteiger partial charge in [-0.1, -0.05) is 47.7 Å². The second kappa shape index (κ2) is 8.02. The summed E-state index contributed by atoms with van der Waals surface area (Å²) in [7, 11) is 1.68. The van der Waals surface area contributed by atoms with Crippen molar-refractivity contribution in [2.45, 2.75) is 6.92 Å². The van der Waals surface area contributed by atoms with E-state index < -0.39 is 0 Å². The number of hydrogen-bond acceptors (Lipinski definition) is 5. The Kier molecular flexibility index (Phi) is 5.30. The smallest absolute Gasteiger partial charge is 0.246 e. The molecule has 144 valence electrons. The molecule has 1 fully saturated rings. The molecule has 1 aliphatic rings. The van der Waals surface area contributed by atoms with Crippen LogP contribution >= 0.6 is 11.3 Å². The Hall–Kier alpha value is -2.86. The number of aromatic nitrogens is 1. The van der Waals surface area contributed by atoms with Gasteiger partial charge in [-0.05, 0) is 30.2 Å². The monoisotopic (exact) mass is 393 g/mol. The lowest BCUT2D eigenvalue weighted by molar-refractivity contribution is -0.126. The molecule has 6 heteroatoms. The van der Waals surface area contributed by atoms with Crippen LogP contribution in [0.1, 0.15) is 11.1 Å². The Balaban J connectivity index is 1.43. The summed E-state index contributed by atoms with van der Waals surface area (Å²) in [4.78, 5) is 21.4. The quantitative estimate of drug-likeness (QED) is 0.629. The molecule has 0 aliphatic carbocycles. The molecule has 1 aliphatic heterocycles. The van der Waals surface area contributed by atoms with Gasteiger partial charge >= 0.3 is 0 Å². The number of benzene rings is 2. The zero-order chi connectivity index (χ0) is 19.5. The number of piperazine rings is 1. The fourth-order valence-electron chi connectivity index (χ4n) is 3.35. The highest BCUT2D eigenvalue weighted by Crippen LogP contribution is 2.36. The molecular weight excluding hydrogens is 370 g/mol. The van der Waals surface area contributed by atoms with Crippen molar-refractivity contribution in [3.8, 4) is 5.75 Å². The average molecular weight is 394 g/mol. The Morgan fingerprint density at radius 3 is 2.57 bits per heavy atom. The van der Waals surface area contributed by atoms with Crippen LogP contribution in [0.2, 0.25) is 0 Å². The van der Waals surface area contributed by atoms with E-state index in [1.165, 1.54) is 10.3 Å². The molecule has 0 unspecified atom stereocenters. The fraction of sp³-hybridized carbons (Fsp3) is 0.273. The molecule has 5 nitrogen and oxygen atoms in total. The molecule has 0 atom stereocenters. The second-order valence-electron chi connectivity index (χ2n) is 6.82. The van der Waals surface area contributed by atoms with Crippen LogP contribution in [0, 0.1) is 6.92 Å². The number of rotatable bonds is 4. The topological polar surface area (TPSA) is 45.7 Å². The van der Waals surface area contributed by atoms with E-state index in [1.807, 2.05) is 47.4 Å². The first-order valence-corrected chi connectivity index (χ1v) is 10.2. The number of nitrogens with zero attached hydrogens (tertiary/aromatic N) is 3. The van der Waals surface area contributed by atoms with Crippen molar-refractivity contribution in [3.05, 3.63) is 59.7 Å². The minimum atomic E-state index is 0.0605. The Morgan fingerprint density at radius 1 is 1.11 bits per heavy atom.